The third kappa shape index (κ3) is 3.76. The van der Waals surface area contributed by atoms with Crippen LogP contribution in [-0.2, 0) is 12.0 Å². The second-order valence-corrected chi connectivity index (χ2v) is 10.4. The third-order valence-corrected chi connectivity index (χ3v) is 8.11. The summed E-state index contributed by atoms with van der Waals surface area (Å²) in [5, 5.41) is 10.2. The van der Waals surface area contributed by atoms with Crippen LogP contribution in [0.1, 0.15) is 39.2 Å². The summed E-state index contributed by atoms with van der Waals surface area (Å²) in [6.07, 6.45) is 1.54. The van der Waals surface area contributed by atoms with Gasteiger partial charge in [0.2, 0.25) is 5.95 Å². The zero-order valence-electron chi connectivity index (χ0n) is 20.4. The molecule has 5 nitrogen and oxygen atoms in total. The Morgan fingerprint density at radius 2 is 1.88 bits per heavy atom. The first-order valence-corrected chi connectivity index (χ1v) is 12.5. The van der Waals surface area contributed by atoms with E-state index in [2.05, 4.69) is 51.6 Å². The lowest BCUT2D eigenvalue weighted by molar-refractivity contribution is 0.169. The minimum atomic E-state index is -0.795. The van der Waals surface area contributed by atoms with Crippen molar-refractivity contribution >= 4 is 17.0 Å². The van der Waals surface area contributed by atoms with E-state index in [0.29, 0.717) is 23.9 Å². The van der Waals surface area contributed by atoms with Crippen LogP contribution in [0.25, 0.3) is 11.0 Å². The molecule has 2 aliphatic rings. The van der Waals surface area contributed by atoms with Gasteiger partial charge in [-0.2, -0.15) is 5.26 Å². The molecule has 6 heteroatoms. The zero-order chi connectivity index (χ0) is 23.9. The van der Waals surface area contributed by atoms with Gasteiger partial charge in [-0.3, -0.25) is 4.90 Å². The molecule has 0 spiro atoms. The number of fused-ring (bicyclic) bond motifs is 5. The summed E-state index contributed by atoms with van der Waals surface area (Å²) in [4.78, 5) is 9.99. The van der Waals surface area contributed by atoms with Crippen molar-refractivity contribution in [2.45, 2.75) is 51.6 Å². The van der Waals surface area contributed by atoms with Crippen molar-refractivity contribution in [2.75, 3.05) is 31.1 Å². The number of nitrogens with zero attached hydrogens (tertiary/aromatic N) is 5. The predicted molar refractivity (Wildman–Crippen MR) is 134 cm³/mol. The van der Waals surface area contributed by atoms with Crippen LogP contribution >= 0.6 is 0 Å². The van der Waals surface area contributed by atoms with Crippen molar-refractivity contribution in [3.8, 4) is 6.07 Å². The standard InChI is InChI=1S/C28H34FN5/c1-20(2)28(19-30,22-9-4-5-10-23(22)29)13-8-14-32-15-16-33-26(18-32)21(3)17-34-25-12-7-6-11-24(25)31-27(33)34/h4-7,9-12,20-21,26H,8,13-18H2,1-3H3. The van der Waals surface area contributed by atoms with Gasteiger partial charge in [0.15, 0.2) is 0 Å². The molecule has 0 amide bonds. The Kier molecular flexibility index (Phi) is 6.07. The smallest absolute Gasteiger partial charge is 0.206 e. The molecule has 0 aliphatic carbocycles. The van der Waals surface area contributed by atoms with E-state index in [1.807, 2.05) is 19.9 Å². The van der Waals surface area contributed by atoms with Gasteiger partial charge in [0.05, 0.1) is 22.5 Å². The highest BCUT2D eigenvalue weighted by atomic mass is 19.1. The topological polar surface area (TPSA) is 48.1 Å². The van der Waals surface area contributed by atoms with Crippen molar-refractivity contribution in [3.63, 3.8) is 0 Å². The number of aromatic nitrogens is 2. The van der Waals surface area contributed by atoms with Crippen molar-refractivity contribution in [1.82, 2.24) is 14.5 Å². The largest absolute Gasteiger partial charge is 0.336 e. The normalized spacial score (nSPS) is 22.3. The highest BCUT2D eigenvalue weighted by Crippen LogP contribution is 2.38. The molecule has 0 radical (unpaired) electrons. The van der Waals surface area contributed by atoms with Gasteiger partial charge in [-0.25, -0.2) is 9.37 Å². The Balaban J connectivity index is 1.28. The lowest BCUT2D eigenvalue weighted by Crippen LogP contribution is -2.59. The molecule has 3 atom stereocenters. The summed E-state index contributed by atoms with van der Waals surface area (Å²) >= 11 is 0. The molecule has 1 saturated heterocycles. The molecule has 0 saturated carbocycles. The van der Waals surface area contributed by atoms with Gasteiger partial charge in [0.25, 0.3) is 0 Å². The summed E-state index contributed by atoms with van der Waals surface area (Å²) in [5.74, 6) is 1.40. The van der Waals surface area contributed by atoms with Gasteiger partial charge < -0.3 is 9.47 Å². The van der Waals surface area contributed by atoms with Crippen LogP contribution in [0.15, 0.2) is 48.5 Å². The molecule has 0 N–H and O–H groups in total. The maximum Gasteiger partial charge on any atom is 0.206 e. The highest BCUT2D eigenvalue weighted by Gasteiger charge is 2.40. The number of anilines is 1. The van der Waals surface area contributed by atoms with Crippen LogP contribution in [0.4, 0.5) is 10.3 Å². The molecule has 34 heavy (non-hydrogen) atoms. The Morgan fingerprint density at radius 3 is 2.65 bits per heavy atom. The Hall–Kier alpha value is -2.91. The SMILES string of the molecule is CC1Cn2c(nc3ccccc32)N2CCN(CCCC(C#N)(c3ccccc3F)C(C)C)CC12. The number of hydrogen-bond donors (Lipinski definition) is 0. The lowest BCUT2D eigenvalue weighted by Gasteiger charge is -2.47. The molecule has 2 aliphatic heterocycles. The second-order valence-electron chi connectivity index (χ2n) is 10.4. The number of nitriles is 1. The fraction of sp³-hybridized carbons (Fsp3) is 0.500. The van der Waals surface area contributed by atoms with Crippen LogP contribution in [0.3, 0.4) is 0 Å². The van der Waals surface area contributed by atoms with Crippen LogP contribution < -0.4 is 4.90 Å². The first-order valence-electron chi connectivity index (χ1n) is 12.5. The van der Waals surface area contributed by atoms with Crippen molar-refractivity contribution < 1.29 is 4.39 Å². The highest BCUT2D eigenvalue weighted by molar-refractivity contribution is 5.79. The van der Waals surface area contributed by atoms with Crippen molar-refractivity contribution in [3.05, 3.63) is 59.9 Å². The molecule has 3 heterocycles. The Bertz CT molecular complexity index is 1210. The van der Waals surface area contributed by atoms with Crippen LogP contribution in [0.2, 0.25) is 0 Å². The third-order valence-electron chi connectivity index (χ3n) is 8.11. The molecule has 3 unspecified atom stereocenters. The van der Waals surface area contributed by atoms with Gasteiger partial charge in [-0.15, -0.1) is 0 Å². The van der Waals surface area contributed by atoms with E-state index in [0.717, 1.165) is 50.6 Å². The molecule has 3 aromatic rings. The maximum atomic E-state index is 14.7. The minimum Gasteiger partial charge on any atom is -0.336 e. The first kappa shape index (κ1) is 22.9. The molecule has 0 bridgehead atoms. The summed E-state index contributed by atoms with van der Waals surface area (Å²) in [5.41, 5.74) is 2.04. The fourth-order valence-electron chi connectivity index (χ4n) is 6.06. The summed E-state index contributed by atoms with van der Waals surface area (Å²) in [6.45, 7) is 11.3. The van der Waals surface area contributed by atoms with Crippen molar-refractivity contribution in [2.24, 2.45) is 11.8 Å². The van der Waals surface area contributed by atoms with Crippen LogP contribution in [-0.4, -0.2) is 46.7 Å². The van der Waals surface area contributed by atoms with Crippen LogP contribution in [0.5, 0.6) is 0 Å². The quantitative estimate of drug-likeness (QED) is 0.508. The molecule has 1 aromatic heterocycles. The van der Waals surface area contributed by atoms with Gasteiger partial charge in [-0.05, 0) is 49.4 Å². The summed E-state index contributed by atoms with van der Waals surface area (Å²) in [6, 6.07) is 18.1. The van der Waals surface area contributed by atoms with E-state index >= 15 is 0 Å². The average molecular weight is 460 g/mol. The molecule has 5 rings (SSSR count). The number of halogens is 1. The predicted octanol–water partition coefficient (Wildman–Crippen LogP) is 5.21. The number of para-hydroxylation sites is 2. The van der Waals surface area contributed by atoms with Gasteiger partial charge in [0.1, 0.15) is 5.82 Å². The minimum absolute atomic E-state index is 0.0395. The Morgan fingerprint density at radius 1 is 1.12 bits per heavy atom. The summed E-state index contributed by atoms with van der Waals surface area (Å²) in [7, 11) is 0. The van der Waals surface area contributed by atoms with Crippen molar-refractivity contribution in [1.29, 1.82) is 5.26 Å². The number of hydrogen-bond acceptors (Lipinski definition) is 4. The van der Waals surface area contributed by atoms with E-state index in [1.165, 1.54) is 11.6 Å². The number of imidazole rings is 1. The number of rotatable bonds is 6. The lowest BCUT2D eigenvalue weighted by atomic mass is 9.69. The number of benzene rings is 2. The maximum absolute atomic E-state index is 14.7. The van der Waals surface area contributed by atoms with Crippen LogP contribution in [0, 0.1) is 29.0 Å². The van der Waals surface area contributed by atoms with E-state index in [1.54, 1.807) is 12.1 Å². The van der Waals surface area contributed by atoms with E-state index in [-0.39, 0.29) is 11.7 Å². The monoisotopic (exact) mass is 459 g/mol. The molecular formula is C28H34FN5. The summed E-state index contributed by atoms with van der Waals surface area (Å²) < 4.78 is 17.0. The van der Waals surface area contributed by atoms with E-state index in [9.17, 15) is 9.65 Å². The van der Waals surface area contributed by atoms with E-state index < -0.39 is 5.41 Å². The van der Waals surface area contributed by atoms with Gasteiger partial charge in [0, 0.05) is 37.8 Å². The number of piperazine rings is 1. The molecular weight excluding hydrogens is 425 g/mol. The first-order chi connectivity index (χ1) is 16.4. The Labute approximate surface area is 201 Å². The van der Waals surface area contributed by atoms with Gasteiger partial charge in [-0.1, -0.05) is 51.1 Å². The average Bonchev–Trinajstić information content (AvgIpc) is 3.21. The molecule has 2 aromatic carbocycles. The van der Waals surface area contributed by atoms with E-state index in [4.69, 9.17) is 4.98 Å². The molecule has 178 valence electrons. The molecule has 1 fully saturated rings. The fourth-order valence-corrected chi connectivity index (χ4v) is 6.06. The van der Waals surface area contributed by atoms with Gasteiger partial charge >= 0.3 is 0 Å². The second kappa shape index (κ2) is 9.03. The zero-order valence-corrected chi connectivity index (χ0v) is 20.4.